The van der Waals surface area contributed by atoms with E-state index in [0.717, 1.165) is 23.4 Å². The second-order valence-corrected chi connectivity index (χ2v) is 9.03. The number of carbonyl (C=O) groups is 2. The van der Waals surface area contributed by atoms with Crippen LogP contribution in [0.1, 0.15) is 41.6 Å². The standard InChI is InChI=1S/C22H22BrF2N5O2S/c1-4-30-20(13(3)26-21(32)14-7-5-6-12(2)8-14)28-29-22(30)33-11-18(31)27-19-16(23)9-15(24)10-17(19)25/h5-10,13H,4,11H2,1-3H3,(H,26,32)(H,27,31)/t13-/m0/s1. The number of nitrogens with zero attached hydrogens (tertiary/aromatic N) is 3. The molecule has 11 heteroatoms. The van der Waals surface area contributed by atoms with Crippen LogP contribution in [0.15, 0.2) is 46.0 Å². The van der Waals surface area contributed by atoms with Gasteiger partial charge in [0.2, 0.25) is 5.91 Å². The second kappa shape index (κ2) is 10.9. The number of nitrogens with one attached hydrogen (secondary N) is 2. The summed E-state index contributed by atoms with van der Waals surface area (Å²) in [5.41, 5.74) is 1.40. The maximum absolute atomic E-state index is 13.9. The molecule has 2 aromatic carbocycles. The van der Waals surface area contributed by atoms with E-state index in [2.05, 4.69) is 36.8 Å². The van der Waals surface area contributed by atoms with Crippen LogP contribution in [0.25, 0.3) is 0 Å². The van der Waals surface area contributed by atoms with Gasteiger partial charge in [0, 0.05) is 22.6 Å². The summed E-state index contributed by atoms with van der Waals surface area (Å²) in [7, 11) is 0. The van der Waals surface area contributed by atoms with Crippen molar-refractivity contribution in [2.45, 2.75) is 38.5 Å². The average molecular weight is 538 g/mol. The van der Waals surface area contributed by atoms with Crippen molar-refractivity contribution in [1.29, 1.82) is 0 Å². The van der Waals surface area contributed by atoms with Crippen LogP contribution in [0, 0.1) is 18.6 Å². The minimum Gasteiger partial charge on any atom is -0.342 e. The molecule has 7 nitrogen and oxygen atoms in total. The summed E-state index contributed by atoms with van der Waals surface area (Å²) in [6.45, 7) is 6.14. The summed E-state index contributed by atoms with van der Waals surface area (Å²) >= 11 is 4.16. The molecule has 33 heavy (non-hydrogen) atoms. The van der Waals surface area contributed by atoms with Crippen molar-refractivity contribution < 1.29 is 18.4 Å². The molecule has 1 aromatic heterocycles. The highest BCUT2D eigenvalue weighted by atomic mass is 79.9. The van der Waals surface area contributed by atoms with E-state index in [0.29, 0.717) is 29.2 Å². The Balaban J connectivity index is 1.65. The zero-order chi connectivity index (χ0) is 24.1. The molecular weight excluding hydrogens is 516 g/mol. The lowest BCUT2D eigenvalue weighted by atomic mass is 10.1. The predicted molar refractivity (Wildman–Crippen MR) is 126 cm³/mol. The van der Waals surface area contributed by atoms with Crippen molar-refractivity contribution >= 4 is 45.2 Å². The molecule has 0 saturated carbocycles. The third kappa shape index (κ3) is 6.17. The molecule has 0 radical (unpaired) electrons. The lowest BCUT2D eigenvalue weighted by molar-refractivity contribution is -0.113. The maximum Gasteiger partial charge on any atom is 0.251 e. The normalized spacial score (nSPS) is 11.8. The van der Waals surface area contributed by atoms with Crippen molar-refractivity contribution in [1.82, 2.24) is 20.1 Å². The van der Waals surface area contributed by atoms with E-state index >= 15 is 0 Å². The van der Waals surface area contributed by atoms with Crippen LogP contribution in [-0.4, -0.2) is 32.3 Å². The highest BCUT2D eigenvalue weighted by Gasteiger charge is 2.21. The van der Waals surface area contributed by atoms with Crippen LogP contribution in [0.4, 0.5) is 14.5 Å². The van der Waals surface area contributed by atoms with E-state index in [9.17, 15) is 18.4 Å². The number of aryl methyl sites for hydroxylation is 1. The highest BCUT2D eigenvalue weighted by Crippen LogP contribution is 2.27. The summed E-state index contributed by atoms with van der Waals surface area (Å²) < 4.78 is 29.1. The molecule has 2 N–H and O–H groups in total. The number of halogens is 3. The molecule has 0 saturated heterocycles. The monoisotopic (exact) mass is 537 g/mol. The molecule has 0 aliphatic heterocycles. The second-order valence-electron chi connectivity index (χ2n) is 7.23. The number of benzene rings is 2. The smallest absolute Gasteiger partial charge is 0.251 e. The molecule has 0 fully saturated rings. The Morgan fingerprint density at radius 2 is 1.97 bits per heavy atom. The van der Waals surface area contributed by atoms with Gasteiger partial charge < -0.3 is 15.2 Å². The first-order valence-electron chi connectivity index (χ1n) is 10.1. The molecule has 0 bridgehead atoms. The number of thioether (sulfide) groups is 1. The molecule has 0 aliphatic carbocycles. The molecule has 3 rings (SSSR count). The van der Waals surface area contributed by atoms with Gasteiger partial charge in [0.25, 0.3) is 5.91 Å². The van der Waals surface area contributed by atoms with Crippen LogP contribution < -0.4 is 10.6 Å². The number of amides is 2. The van der Waals surface area contributed by atoms with E-state index < -0.39 is 23.6 Å². The van der Waals surface area contributed by atoms with Crippen molar-refractivity contribution in [3.63, 3.8) is 0 Å². The SMILES string of the molecule is CCn1c(SCC(=O)Nc2c(F)cc(F)cc2Br)nnc1[C@H](C)NC(=O)c1cccc(C)c1. The Morgan fingerprint density at radius 3 is 2.64 bits per heavy atom. The number of aromatic nitrogens is 3. The lowest BCUT2D eigenvalue weighted by Crippen LogP contribution is -2.28. The van der Waals surface area contributed by atoms with Crippen LogP contribution in [0.5, 0.6) is 0 Å². The van der Waals surface area contributed by atoms with E-state index in [1.807, 2.05) is 26.0 Å². The van der Waals surface area contributed by atoms with Gasteiger partial charge in [-0.05, 0) is 54.9 Å². The molecule has 0 spiro atoms. The Hall–Kier alpha value is -2.79. The Bertz CT molecular complexity index is 1160. The minimum absolute atomic E-state index is 0.0641. The van der Waals surface area contributed by atoms with Crippen LogP contribution in [-0.2, 0) is 11.3 Å². The zero-order valence-electron chi connectivity index (χ0n) is 18.2. The molecule has 0 aliphatic rings. The largest absolute Gasteiger partial charge is 0.342 e. The molecule has 2 amide bonds. The summed E-state index contributed by atoms with van der Waals surface area (Å²) in [5.74, 6) is -1.85. The van der Waals surface area contributed by atoms with Gasteiger partial charge in [-0.15, -0.1) is 10.2 Å². The van der Waals surface area contributed by atoms with Crippen molar-refractivity contribution in [2.75, 3.05) is 11.1 Å². The van der Waals surface area contributed by atoms with E-state index in [4.69, 9.17) is 0 Å². The van der Waals surface area contributed by atoms with Crippen LogP contribution >= 0.6 is 27.7 Å². The molecule has 174 valence electrons. The van der Waals surface area contributed by atoms with E-state index in [1.165, 1.54) is 0 Å². The first-order chi connectivity index (χ1) is 15.7. The Morgan fingerprint density at radius 1 is 1.21 bits per heavy atom. The van der Waals surface area contributed by atoms with Gasteiger partial charge in [0.1, 0.15) is 5.82 Å². The van der Waals surface area contributed by atoms with Gasteiger partial charge in [0.15, 0.2) is 16.8 Å². The van der Waals surface area contributed by atoms with Crippen LogP contribution in [0.3, 0.4) is 0 Å². The summed E-state index contributed by atoms with van der Waals surface area (Å²) in [6, 6.07) is 8.61. The molecular formula is C22H22BrF2N5O2S. The summed E-state index contributed by atoms with van der Waals surface area (Å²) in [6.07, 6.45) is 0. The molecule has 3 aromatic rings. The van der Waals surface area contributed by atoms with Gasteiger partial charge in [-0.25, -0.2) is 8.78 Å². The number of carbonyl (C=O) groups excluding carboxylic acids is 2. The van der Waals surface area contributed by atoms with Gasteiger partial charge in [-0.3, -0.25) is 9.59 Å². The van der Waals surface area contributed by atoms with Gasteiger partial charge >= 0.3 is 0 Å². The van der Waals surface area contributed by atoms with Crippen molar-refractivity contribution in [2.24, 2.45) is 0 Å². The average Bonchev–Trinajstić information content (AvgIpc) is 3.17. The number of anilines is 1. The van der Waals surface area contributed by atoms with E-state index in [1.54, 1.807) is 23.6 Å². The zero-order valence-corrected chi connectivity index (χ0v) is 20.6. The minimum atomic E-state index is -0.877. The first-order valence-corrected chi connectivity index (χ1v) is 11.8. The quantitative estimate of drug-likeness (QED) is 0.400. The Kier molecular flexibility index (Phi) is 8.20. The first kappa shape index (κ1) is 24.8. The summed E-state index contributed by atoms with van der Waals surface area (Å²) in [5, 5.41) is 14.2. The van der Waals surface area contributed by atoms with Gasteiger partial charge in [0.05, 0.1) is 17.5 Å². The number of hydrogen-bond acceptors (Lipinski definition) is 5. The topological polar surface area (TPSA) is 88.9 Å². The predicted octanol–water partition coefficient (Wildman–Crippen LogP) is 4.87. The van der Waals surface area contributed by atoms with Gasteiger partial charge in [-0.1, -0.05) is 29.5 Å². The fraction of sp³-hybridized carbons (Fsp3) is 0.273. The van der Waals surface area contributed by atoms with Crippen LogP contribution in [0.2, 0.25) is 0 Å². The molecule has 0 unspecified atom stereocenters. The number of rotatable bonds is 8. The van der Waals surface area contributed by atoms with Gasteiger partial charge in [-0.2, -0.15) is 0 Å². The Labute approximate surface area is 202 Å². The molecule has 1 heterocycles. The lowest BCUT2D eigenvalue weighted by Gasteiger charge is -2.15. The highest BCUT2D eigenvalue weighted by molar-refractivity contribution is 9.10. The maximum atomic E-state index is 13.9. The van der Waals surface area contributed by atoms with E-state index in [-0.39, 0.29) is 21.8 Å². The summed E-state index contributed by atoms with van der Waals surface area (Å²) in [4.78, 5) is 24.9. The fourth-order valence-corrected chi connectivity index (χ4v) is 4.44. The van der Waals surface area contributed by atoms with Crippen molar-refractivity contribution in [3.05, 3.63) is 69.5 Å². The fourth-order valence-electron chi connectivity index (χ4n) is 3.12. The third-order valence-electron chi connectivity index (χ3n) is 4.68. The third-order valence-corrected chi connectivity index (χ3v) is 6.27. The number of hydrogen-bond donors (Lipinski definition) is 2. The molecule has 1 atom stereocenters. The van der Waals surface area contributed by atoms with Crippen molar-refractivity contribution in [3.8, 4) is 0 Å².